The standard InChI is InChI=1S/C12H21BrN2O/c1-9(2)6-7-15(11-4-5-11)12(16)14-8-10(3)13/h9,11H,3-8H2,1-2H3,(H,14,16). The van der Waals surface area contributed by atoms with Crippen LogP contribution in [0.3, 0.4) is 0 Å². The van der Waals surface area contributed by atoms with Crippen LogP contribution in [0.5, 0.6) is 0 Å². The zero-order valence-corrected chi connectivity index (χ0v) is 11.7. The van der Waals surface area contributed by atoms with Gasteiger partial charge in [0.25, 0.3) is 0 Å². The van der Waals surface area contributed by atoms with Crippen molar-refractivity contribution in [3.63, 3.8) is 0 Å². The Morgan fingerprint density at radius 1 is 1.56 bits per heavy atom. The van der Waals surface area contributed by atoms with Crippen LogP contribution in [0.2, 0.25) is 0 Å². The van der Waals surface area contributed by atoms with Gasteiger partial charge in [0, 0.05) is 17.1 Å². The molecular weight excluding hydrogens is 268 g/mol. The van der Waals surface area contributed by atoms with Gasteiger partial charge in [0.15, 0.2) is 0 Å². The normalized spacial score (nSPS) is 15.0. The van der Waals surface area contributed by atoms with Crippen molar-refractivity contribution in [1.29, 1.82) is 0 Å². The fraction of sp³-hybridized carbons (Fsp3) is 0.750. The lowest BCUT2D eigenvalue weighted by molar-refractivity contribution is 0.192. The number of hydrogen-bond donors (Lipinski definition) is 1. The molecule has 1 N–H and O–H groups in total. The maximum atomic E-state index is 11.9. The number of halogens is 1. The second-order valence-electron chi connectivity index (χ2n) is 4.78. The van der Waals surface area contributed by atoms with Crippen molar-refractivity contribution in [2.24, 2.45) is 5.92 Å². The highest BCUT2D eigenvalue weighted by molar-refractivity contribution is 9.11. The van der Waals surface area contributed by atoms with E-state index in [0.29, 0.717) is 18.5 Å². The molecule has 1 saturated carbocycles. The molecule has 2 amide bonds. The molecule has 0 atom stereocenters. The van der Waals surface area contributed by atoms with Crippen molar-refractivity contribution >= 4 is 22.0 Å². The number of carbonyl (C=O) groups excluding carboxylic acids is 1. The van der Waals surface area contributed by atoms with E-state index in [1.54, 1.807) is 0 Å². The van der Waals surface area contributed by atoms with Crippen LogP contribution in [0.4, 0.5) is 4.79 Å². The van der Waals surface area contributed by atoms with E-state index in [-0.39, 0.29) is 6.03 Å². The molecule has 0 bridgehead atoms. The van der Waals surface area contributed by atoms with Gasteiger partial charge in [0.1, 0.15) is 0 Å². The fourth-order valence-electron chi connectivity index (χ4n) is 1.51. The molecule has 3 nitrogen and oxygen atoms in total. The number of carbonyl (C=O) groups is 1. The molecule has 0 heterocycles. The minimum Gasteiger partial charge on any atom is -0.333 e. The molecule has 4 heteroatoms. The molecule has 16 heavy (non-hydrogen) atoms. The number of nitrogens with one attached hydrogen (secondary N) is 1. The maximum absolute atomic E-state index is 11.9. The Bertz CT molecular complexity index is 262. The van der Waals surface area contributed by atoms with E-state index >= 15 is 0 Å². The Labute approximate surface area is 106 Å². The Kier molecular flexibility index (Phi) is 5.32. The van der Waals surface area contributed by atoms with E-state index in [1.807, 2.05) is 4.90 Å². The summed E-state index contributed by atoms with van der Waals surface area (Å²) < 4.78 is 0.806. The average Bonchev–Trinajstić information content (AvgIpc) is 2.98. The number of rotatable bonds is 6. The third kappa shape index (κ3) is 5.01. The summed E-state index contributed by atoms with van der Waals surface area (Å²) in [6.45, 7) is 9.44. The molecule has 0 radical (unpaired) electrons. The summed E-state index contributed by atoms with van der Waals surface area (Å²) in [4.78, 5) is 13.9. The molecule has 0 spiro atoms. The van der Waals surface area contributed by atoms with Crippen LogP contribution in [0, 0.1) is 5.92 Å². The van der Waals surface area contributed by atoms with Crippen molar-refractivity contribution in [2.45, 2.75) is 39.2 Å². The molecule has 1 rings (SSSR count). The van der Waals surface area contributed by atoms with Gasteiger partial charge in [-0.1, -0.05) is 36.4 Å². The van der Waals surface area contributed by atoms with Crippen LogP contribution in [-0.4, -0.2) is 30.1 Å². The van der Waals surface area contributed by atoms with E-state index in [4.69, 9.17) is 0 Å². The van der Waals surface area contributed by atoms with Gasteiger partial charge in [-0.25, -0.2) is 4.79 Å². The third-order valence-electron chi connectivity index (χ3n) is 2.63. The lowest BCUT2D eigenvalue weighted by Gasteiger charge is -2.23. The summed E-state index contributed by atoms with van der Waals surface area (Å²) in [6, 6.07) is 0.520. The zero-order chi connectivity index (χ0) is 12.1. The number of urea groups is 1. The third-order valence-corrected chi connectivity index (χ3v) is 2.91. The quantitative estimate of drug-likeness (QED) is 0.800. The molecule has 0 aromatic rings. The Morgan fingerprint density at radius 2 is 2.19 bits per heavy atom. The highest BCUT2D eigenvalue weighted by Gasteiger charge is 2.32. The molecule has 92 valence electrons. The van der Waals surface area contributed by atoms with Gasteiger partial charge in [0.05, 0.1) is 6.54 Å². The van der Waals surface area contributed by atoms with Crippen LogP contribution in [0.1, 0.15) is 33.1 Å². The fourth-order valence-corrected chi connectivity index (χ4v) is 1.65. The van der Waals surface area contributed by atoms with E-state index in [1.165, 1.54) is 0 Å². The molecule has 0 aromatic carbocycles. The first-order valence-corrected chi connectivity index (χ1v) is 6.67. The predicted octanol–water partition coefficient (Wildman–Crippen LogP) is 3.12. The highest BCUT2D eigenvalue weighted by Crippen LogP contribution is 2.27. The first-order valence-electron chi connectivity index (χ1n) is 5.88. The van der Waals surface area contributed by atoms with Gasteiger partial charge in [-0.15, -0.1) is 0 Å². The maximum Gasteiger partial charge on any atom is 0.317 e. The van der Waals surface area contributed by atoms with Crippen molar-refractivity contribution in [1.82, 2.24) is 10.2 Å². The van der Waals surface area contributed by atoms with Gasteiger partial charge in [0.2, 0.25) is 0 Å². The summed E-state index contributed by atoms with van der Waals surface area (Å²) in [6.07, 6.45) is 3.38. The topological polar surface area (TPSA) is 32.3 Å². The van der Waals surface area contributed by atoms with Crippen molar-refractivity contribution in [3.8, 4) is 0 Å². The lowest BCUT2D eigenvalue weighted by Crippen LogP contribution is -2.42. The van der Waals surface area contributed by atoms with Crippen molar-refractivity contribution in [3.05, 3.63) is 11.1 Å². The van der Waals surface area contributed by atoms with Crippen molar-refractivity contribution in [2.75, 3.05) is 13.1 Å². The first kappa shape index (κ1) is 13.6. The number of nitrogens with zero attached hydrogens (tertiary/aromatic N) is 1. The smallest absolute Gasteiger partial charge is 0.317 e. The Hall–Kier alpha value is -0.510. The van der Waals surface area contributed by atoms with Crippen LogP contribution < -0.4 is 5.32 Å². The molecule has 0 aromatic heterocycles. The van der Waals surface area contributed by atoms with Crippen LogP contribution >= 0.6 is 15.9 Å². The largest absolute Gasteiger partial charge is 0.333 e. The molecule has 1 aliphatic rings. The molecule has 0 unspecified atom stereocenters. The lowest BCUT2D eigenvalue weighted by atomic mass is 10.1. The molecular formula is C12H21BrN2O. The van der Waals surface area contributed by atoms with Gasteiger partial charge in [-0.3, -0.25) is 0 Å². The number of amides is 2. The highest BCUT2D eigenvalue weighted by atomic mass is 79.9. The number of hydrogen-bond acceptors (Lipinski definition) is 1. The second-order valence-corrected chi connectivity index (χ2v) is 5.90. The van der Waals surface area contributed by atoms with Crippen LogP contribution in [0.15, 0.2) is 11.1 Å². The summed E-state index contributed by atoms with van der Waals surface area (Å²) in [7, 11) is 0. The molecule has 1 aliphatic carbocycles. The monoisotopic (exact) mass is 288 g/mol. The predicted molar refractivity (Wildman–Crippen MR) is 70.6 cm³/mol. The Morgan fingerprint density at radius 3 is 2.62 bits per heavy atom. The van der Waals surface area contributed by atoms with E-state index in [2.05, 4.69) is 41.7 Å². The van der Waals surface area contributed by atoms with Crippen molar-refractivity contribution < 1.29 is 4.79 Å². The summed E-state index contributed by atoms with van der Waals surface area (Å²) in [5.74, 6) is 0.639. The van der Waals surface area contributed by atoms with Crippen LogP contribution in [-0.2, 0) is 0 Å². The molecule has 1 fully saturated rings. The summed E-state index contributed by atoms with van der Waals surface area (Å²) in [5, 5.41) is 2.87. The molecule has 0 aliphatic heterocycles. The van der Waals surface area contributed by atoms with Gasteiger partial charge < -0.3 is 10.2 Å². The SMILES string of the molecule is C=C(Br)CNC(=O)N(CCC(C)C)C1CC1. The minimum absolute atomic E-state index is 0.0451. The summed E-state index contributed by atoms with van der Waals surface area (Å²) in [5.41, 5.74) is 0. The van der Waals surface area contributed by atoms with E-state index in [0.717, 1.165) is 30.3 Å². The van der Waals surface area contributed by atoms with Gasteiger partial charge >= 0.3 is 6.03 Å². The van der Waals surface area contributed by atoms with Gasteiger partial charge in [-0.05, 0) is 25.2 Å². The van der Waals surface area contributed by atoms with Gasteiger partial charge in [-0.2, -0.15) is 0 Å². The van der Waals surface area contributed by atoms with Crippen LogP contribution in [0.25, 0.3) is 0 Å². The van der Waals surface area contributed by atoms with E-state index < -0.39 is 0 Å². The second kappa shape index (κ2) is 6.28. The van der Waals surface area contributed by atoms with E-state index in [9.17, 15) is 4.79 Å². The molecule has 0 saturated heterocycles. The Balaban J connectivity index is 2.36. The zero-order valence-electron chi connectivity index (χ0n) is 10.1. The summed E-state index contributed by atoms with van der Waals surface area (Å²) >= 11 is 3.24. The first-order chi connectivity index (χ1) is 7.50. The average molecular weight is 289 g/mol. The minimum atomic E-state index is 0.0451.